The van der Waals surface area contributed by atoms with Crippen LogP contribution >= 0.6 is 34.7 Å². The number of amides is 2. The molecule has 12 nitrogen and oxygen atoms in total. The molecule has 2 unspecified atom stereocenters. The predicted octanol–water partition coefficient (Wildman–Crippen LogP) is 0.497. The Morgan fingerprint density at radius 1 is 1.47 bits per heavy atom. The van der Waals surface area contributed by atoms with Crippen molar-refractivity contribution in [2.45, 2.75) is 24.4 Å². The fourth-order valence-electron chi connectivity index (χ4n) is 2.84. The molecule has 0 radical (unpaired) electrons. The zero-order valence-electron chi connectivity index (χ0n) is 16.3. The summed E-state index contributed by atoms with van der Waals surface area (Å²) < 4.78 is 0.00306. The molecule has 0 saturated carbocycles. The van der Waals surface area contributed by atoms with Crippen molar-refractivity contribution in [3.05, 3.63) is 34.0 Å². The molecule has 5 N–H and O–H groups in total. The molecule has 3 heterocycles. The lowest BCUT2D eigenvalue weighted by molar-refractivity contribution is -0.150. The number of halogens is 1. The fraction of sp³-hybridized carbons (Fsp3) is 0.294. The van der Waals surface area contributed by atoms with E-state index in [-0.39, 0.29) is 26.6 Å². The number of carboxylic acids is 2. The van der Waals surface area contributed by atoms with E-state index in [1.54, 1.807) is 0 Å². The van der Waals surface area contributed by atoms with Crippen molar-refractivity contribution in [3.8, 4) is 0 Å². The summed E-state index contributed by atoms with van der Waals surface area (Å²) in [5.74, 6) is -3.90. The second-order valence-electron chi connectivity index (χ2n) is 6.44. The summed E-state index contributed by atoms with van der Waals surface area (Å²) in [4.78, 5) is 58.0. The van der Waals surface area contributed by atoms with Gasteiger partial charge in [0, 0.05) is 5.75 Å². The molecular weight excluding hydrogens is 486 g/mol. The number of oxime groups is 1. The highest BCUT2D eigenvalue weighted by Gasteiger charge is 2.54. The van der Waals surface area contributed by atoms with E-state index in [4.69, 9.17) is 27.3 Å². The Balaban J connectivity index is 1.85. The van der Waals surface area contributed by atoms with Gasteiger partial charge in [-0.25, -0.2) is 14.6 Å². The van der Waals surface area contributed by atoms with Gasteiger partial charge in [0.2, 0.25) is 6.10 Å². The number of fused-ring (bicyclic) bond motifs is 1. The molecule has 0 bridgehead atoms. The molecule has 0 aliphatic carbocycles. The van der Waals surface area contributed by atoms with E-state index in [0.29, 0.717) is 5.57 Å². The van der Waals surface area contributed by atoms with Crippen molar-refractivity contribution in [1.82, 2.24) is 15.2 Å². The minimum absolute atomic E-state index is 0.00306. The third-order valence-corrected chi connectivity index (χ3v) is 6.81. The van der Waals surface area contributed by atoms with Crippen molar-refractivity contribution in [1.29, 1.82) is 0 Å². The molecule has 3 atom stereocenters. The van der Waals surface area contributed by atoms with E-state index in [9.17, 15) is 24.3 Å². The van der Waals surface area contributed by atoms with E-state index >= 15 is 0 Å². The van der Waals surface area contributed by atoms with Crippen molar-refractivity contribution in [2.75, 3.05) is 11.5 Å². The van der Waals surface area contributed by atoms with Crippen molar-refractivity contribution in [2.24, 2.45) is 5.16 Å². The molecule has 1 saturated heterocycles. The first-order chi connectivity index (χ1) is 15.1. The number of carbonyl (C=O) groups is 4. The lowest BCUT2D eigenvalue weighted by atomic mass is 10.0. The number of allylic oxidation sites excluding steroid dienone is 1. The number of nitrogens with zero attached hydrogens (tertiary/aromatic N) is 3. The summed E-state index contributed by atoms with van der Waals surface area (Å²) in [5.41, 5.74) is 5.17. The summed E-state index contributed by atoms with van der Waals surface area (Å²) in [5, 5.41) is 23.8. The van der Waals surface area contributed by atoms with Crippen LogP contribution in [-0.2, 0) is 24.0 Å². The predicted molar refractivity (Wildman–Crippen MR) is 116 cm³/mol. The third-order valence-electron chi connectivity index (χ3n) is 4.42. The number of thioether (sulfide) groups is 1. The summed E-state index contributed by atoms with van der Waals surface area (Å²) in [7, 11) is 0. The van der Waals surface area contributed by atoms with Gasteiger partial charge in [0.1, 0.15) is 27.1 Å². The Morgan fingerprint density at radius 3 is 2.69 bits per heavy atom. The summed E-state index contributed by atoms with van der Waals surface area (Å²) >= 11 is 8.16. The molecule has 2 amide bonds. The number of nitrogens with two attached hydrogens (primary N) is 1. The molecular formula is C17H16ClN5O7S2. The van der Waals surface area contributed by atoms with Crippen molar-refractivity contribution < 1.29 is 34.2 Å². The average Bonchev–Trinajstić information content (AvgIpc) is 3.07. The highest BCUT2D eigenvalue weighted by molar-refractivity contribution is 8.00. The monoisotopic (exact) mass is 501 g/mol. The maximum atomic E-state index is 12.9. The van der Waals surface area contributed by atoms with Gasteiger partial charge in [0.05, 0.1) is 0 Å². The Hall–Kier alpha value is -3.10. The number of carboxylic acid groups (broad SMARTS) is 2. The van der Waals surface area contributed by atoms with E-state index in [0.717, 1.165) is 16.2 Å². The quantitative estimate of drug-likeness (QED) is 0.222. The Morgan fingerprint density at radius 2 is 2.16 bits per heavy atom. The Bertz CT molecular complexity index is 1090. The van der Waals surface area contributed by atoms with Crippen LogP contribution in [0.5, 0.6) is 0 Å². The third kappa shape index (κ3) is 4.28. The molecule has 2 aliphatic heterocycles. The largest absolute Gasteiger partial charge is 0.478 e. The first kappa shape index (κ1) is 23.6. The van der Waals surface area contributed by atoms with Crippen LogP contribution in [0.1, 0.15) is 12.6 Å². The number of aliphatic carboxylic acids is 2. The zero-order chi connectivity index (χ0) is 23.7. The Labute approximate surface area is 193 Å². The van der Waals surface area contributed by atoms with Gasteiger partial charge in [0.25, 0.3) is 11.8 Å². The number of anilines is 1. The molecule has 2 aliphatic rings. The number of carbonyl (C=O) groups excluding carboxylic acids is 2. The van der Waals surface area contributed by atoms with Gasteiger partial charge in [0.15, 0.2) is 10.8 Å². The molecule has 0 aromatic carbocycles. The number of nitrogens with one attached hydrogen (secondary N) is 1. The average molecular weight is 502 g/mol. The number of hydrogen-bond acceptors (Lipinski definition) is 10. The SMILES string of the molecule is C=CC1=C(C(=O)O)N2C(=O)C(NC(=O)C(=NOC(C)C(=O)O)c3nc(N)sc3Cl)[C@@H]2SC1. The highest BCUT2D eigenvalue weighted by atomic mass is 35.5. The van der Waals surface area contributed by atoms with Crippen molar-refractivity contribution in [3.63, 3.8) is 0 Å². The molecule has 1 fully saturated rings. The first-order valence-corrected chi connectivity index (χ1v) is 11.0. The second kappa shape index (κ2) is 9.18. The number of nitrogen functional groups attached to an aromatic ring is 1. The number of hydrogen-bond donors (Lipinski definition) is 4. The summed E-state index contributed by atoms with van der Waals surface area (Å²) in [6, 6.07) is -1.06. The summed E-state index contributed by atoms with van der Waals surface area (Å²) in [6.07, 6.45) is -0.0189. The summed E-state index contributed by atoms with van der Waals surface area (Å²) in [6.45, 7) is 4.76. The number of rotatable bonds is 8. The van der Waals surface area contributed by atoms with Gasteiger partial charge in [-0.15, -0.1) is 11.8 Å². The molecule has 15 heteroatoms. The first-order valence-electron chi connectivity index (χ1n) is 8.80. The minimum Gasteiger partial charge on any atom is -0.478 e. The Kier molecular flexibility index (Phi) is 6.76. The smallest absolute Gasteiger partial charge is 0.352 e. The molecule has 170 valence electrons. The van der Waals surface area contributed by atoms with Crippen LogP contribution in [-0.4, -0.2) is 72.8 Å². The fourth-order valence-corrected chi connectivity index (χ4v) is 5.11. The number of thiazole rings is 1. The lowest BCUT2D eigenvalue weighted by Gasteiger charge is -2.49. The van der Waals surface area contributed by atoms with Crippen LogP contribution in [0.25, 0.3) is 0 Å². The van der Waals surface area contributed by atoms with Crippen LogP contribution in [0.3, 0.4) is 0 Å². The van der Waals surface area contributed by atoms with Gasteiger partial charge in [-0.05, 0) is 12.5 Å². The zero-order valence-corrected chi connectivity index (χ0v) is 18.7. The highest BCUT2D eigenvalue weighted by Crippen LogP contribution is 2.40. The standard InChI is InChI=1S/C17H16ClN5O7S2/c1-3-6-4-31-14-9(13(25)23(14)10(6)16(28)29)20-12(24)8(22-30-5(2)15(26)27)7-11(18)32-17(19)21-7/h3,5,9,14H,1,4H2,2H3,(H2,19,21)(H,20,24)(H,26,27)(H,28,29)/t5?,9?,14-/m0/s1. The molecule has 32 heavy (non-hydrogen) atoms. The number of aromatic nitrogens is 1. The molecule has 0 spiro atoms. The van der Waals surface area contributed by atoms with E-state index < -0.39 is 47.0 Å². The van der Waals surface area contributed by atoms with E-state index in [1.807, 2.05) is 0 Å². The maximum Gasteiger partial charge on any atom is 0.352 e. The lowest BCUT2D eigenvalue weighted by Crippen LogP contribution is -2.71. The molecule has 1 aromatic heterocycles. The second-order valence-corrected chi connectivity index (χ2v) is 9.18. The number of β-lactam (4-membered cyclic amide) rings is 1. The van der Waals surface area contributed by atoms with Crippen LogP contribution in [0.4, 0.5) is 5.13 Å². The molecule has 3 rings (SSSR count). The van der Waals surface area contributed by atoms with E-state index in [1.165, 1.54) is 24.8 Å². The van der Waals surface area contributed by atoms with Gasteiger partial charge in [-0.2, -0.15) is 0 Å². The molecule has 1 aromatic rings. The van der Waals surface area contributed by atoms with Gasteiger partial charge in [-0.3, -0.25) is 14.5 Å². The van der Waals surface area contributed by atoms with Gasteiger partial charge < -0.3 is 26.1 Å². The van der Waals surface area contributed by atoms with Crippen LogP contribution < -0.4 is 11.1 Å². The minimum atomic E-state index is -1.39. The van der Waals surface area contributed by atoms with Gasteiger partial charge >= 0.3 is 11.9 Å². The van der Waals surface area contributed by atoms with Crippen LogP contribution in [0.2, 0.25) is 4.34 Å². The van der Waals surface area contributed by atoms with Crippen LogP contribution in [0.15, 0.2) is 29.1 Å². The topological polar surface area (TPSA) is 185 Å². The van der Waals surface area contributed by atoms with E-state index in [2.05, 4.69) is 22.0 Å². The van der Waals surface area contributed by atoms with Gasteiger partial charge in [-0.1, -0.05) is 40.7 Å². The van der Waals surface area contributed by atoms with Crippen LogP contribution in [0, 0.1) is 0 Å². The maximum absolute atomic E-state index is 12.9. The normalized spacial score (nSPS) is 21.4. The van der Waals surface area contributed by atoms with Crippen molar-refractivity contribution >= 4 is 69.3 Å².